The fourth-order valence-electron chi connectivity index (χ4n) is 6.03. The summed E-state index contributed by atoms with van der Waals surface area (Å²) in [7, 11) is 5.38. The molecule has 0 heterocycles. The summed E-state index contributed by atoms with van der Waals surface area (Å²) in [6, 6.07) is -0.737. The van der Waals surface area contributed by atoms with Gasteiger partial charge in [0, 0.05) is 19.3 Å². The molecule has 0 saturated carbocycles. The molecule has 0 saturated heterocycles. The van der Waals surface area contributed by atoms with Crippen molar-refractivity contribution in [3.8, 4) is 0 Å². The third-order valence-electron chi connectivity index (χ3n) is 9.45. The van der Waals surface area contributed by atoms with E-state index in [1.807, 2.05) is 48.6 Å². The molecule has 0 bridgehead atoms. The number of hydrogen-bond acceptors (Lipinski definition) is 7. The number of allylic oxidation sites excluding steroid dienone is 12. The quantitative estimate of drug-likeness (QED) is 0.0202. The third-order valence-corrected chi connectivity index (χ3v) is 9.45. The van der Waals surface area contributed by atoms with Gasteiger partial charge in [0.15, 0.2) is 6.10 Å². The number of unbranched alkanes of at least 4 members (excludes halogenated alkanes) is 16. The molecule has 0 amide bonds. The van der Waals surface area contributed by atoms with Gasteiger partial charge < -0.3 is 28.6 Å². The van der Waals surface area contributed by atoms with Crippen molar-refractivity contribution in [1.29, 1.82) is 0 Å². The Morgan fingerprint density at radius 2 is 1.02 bits per heavy atom. The number of carbonyl (C=O) groups excluding carboxylic acids is 3. The summed E-state index contributed by atoms with van der Waals surface area (Å²) in [5.74, 6) is -1.80. The van der Waals surface area contributed by atoms with E-state index < -0.39 is 18.1 Å². The number of carboxylic acid groups (broad SMARTS) is 1. The Kier molecular flexibility index (Phi) is 36.4. The molecule has 0 rings (SSSR count). The van der Waals surface area contributed by atoms with Gasteiger partial charge in [-0.15, -0.1) is 0 Å². The Morgan fingerprint density at radius 1 is 0.554 bits per heavy atom. The largest absolute Gasteiger partial charge is 0.544 e. The van der Waals surface area contributed by atoms with E-state index in [2.05, 4.69) is 38.2 Å². The lowest BCUT2D eigenvalue weighted by Crippen LogP contribution is -2.55. The van der Waals surface area contributed by atoms with Crippen molar-refractivity contribution in [2.45, 2.75) is 174 Å². The number of rotatable bonds is 38. The van der Waals surface area contributed by atoms with Gasteiger partial charge in [-0.25, -0.2) is 0 Å². The number of aliphatic carboxylic acids is 1. The maximum atomic E-state index is 12.7. The Balaban J connectivity index is 4.43. The van der Waals surface area contributed by atoms with Gasteiger partial charge >= 0.3 is 11.9 Å². The predicted molar refractivity (Wildman–Crippen MR) is 231 cm³/mol. The van der Waals surface area contributed by atoms with Crippen LogP contribution in [-0.4, -0.2) is 75.5 Å². The highest BCUT2D eigenvalue weighted by Crippen LogP contribution is 2.13. The van der Waals surface area contributed by atoms with E-state index in [1.54, 1.807) is 21.1 Å². The Hall–Kier alpha value is -3.23. The zero-order chi connectivity index (χ0) is 41.4. The minimum Gasteiger partial charge on any atom is -0.544 e. The molecule has 56 heavy (non-hydrogen) atoms. The van der Waals surface area contributed by atoms with Gasteiger partial charge in [0.1, 0.15) is 12.6 Å². The molecule has 8 nitrogen and oxygen atoms in total. The van der Waals surface area contributed by atoms with Crippen LogP contribution in [-0.2, 0) is 28.6 Å². The lowest BCUT2D eigenvalue weighted by atomic mass is 10.1. The number of nitrogens with zero attached hydrogens (tertiary/aromatic N) is 1. The molecule has 2 atom stereocenters. The van der Waals surface area contributed by atoms with Crippen LogP contribution < -0.4 is 5.11 Å². The zero-order valence-corrected chi connectivity index (χ0v) is 36.3. The lowest BCUT2D eigenvalue weighted by molar-refractivity contribution is -0.889. The topological polar surface area (TPSA) is 102 Å². The van der Waals surface area contributed by atoms with Crippen LogP contribution in [0.15, 0.2) is 72.9 Å². The normalized spacial score (nSPS) is 13.7. The Bertz CT molecular complexity index is 1140. The minimum absolute atomic E-state index is 0.0184. The number of carboxylic acids is 1. The Morgan fingerprint density at radius 3 is 1.55 bits per heavy atom. The van der Waals surface area contributed by atoms with Crippen LogP contribution >= 0.6 is 0 Å². The van der Waals surface area contributed by atoms with Crippen molar-refractivity contribution < 1.29 is 38.2 Å². The summed E-state index contributed by atoms with van der Waals surface area (Å²) >= 11 is 0. The molecule has 0 aliphatic heterocycles. The number of likely N-dealkylation sites (N-methyl/N-ethyl adjacent to an activating group) is 1. The summed E-state index contributed by atoms with van der Waals surface area (Å²) < 4.78 is 17.1. The van der Waals surface area contributed by atoms with Crippen LogP contribution in [0.5, 0.6) is 0 Å². The molecule has 320 valence electrons. The summed E-state index contributed by atoms with van der Waals surface area (Å²) in [5.41, 5.74) is 0. The van der Waals surface area contributed by atoms with Crippen molar-refractivity contribution in [2.24, 2.45) is 0 Å². The van der Waals surface area contributed by atoms with Gasteiger partial charge in [0.25, 0.3) is 0 Å². The monoisotopic (exact) mass is 784 g/mol. The van der Waals surface area contributed by atoms with E-state index in [-0.39, 0.29) is 49.1 Å². The minimum atomic E-state index is -1.14. The summed E-state index contributed by atoms with van der Waals surface area (Å²) in [5, 5.41) is 11.6. The summed E-state index contributed by atoms with van der Waals surface area (Å²) in [6.07, 6.45) is 47.8. The number of ether oxygens (including phenoxy) is 3. The highest BCUT2D eigenvalue weighted by molar-refractivity contribution is 5.70. The first-order valence-corrected chi connectivity index (χ1v) is 22.0. The molecule has 0 radical (unpaired) electrons. The highest BCUT2D eigenvalue weighted by atomic mass is 16.6. The second-order valence-electron chi connectivity index (χ2n) is 15.7. The predicted octanol–water partition coefficient (Wildman–Crippen LogP) is 10.6. The number of carbonyl (C=O) groups is 3. The molecular weight excluding hydrogens is 703 g/mol. The molecule has 0 aliphatic carbocycles. The van der Waals surface area contributed by atoms with Crippen LogP contribution in [0, 0.1) is 0 Å². The molecule has 2 unspecified atom stereocenters. The summed E-state index contributed by atoms with van der Waals surface area (Å²) in [4.78, 5) is 36.8. The fraction of sp³-hybridized carbons (Fsp3) is 0.688. The first kappa shape index (κ1) is 52.8. The molecule has 0 aromatic carbocycles. The second-order valence-corrected chi connectivity index (χ2v) is 15.7. The van der Waals surface area contributed by atoms with E-state index in [4.69, 9.17) is 14.2 Å². The van der Waals surface area contributed by atoms with Crippen LogP contribution in [0.3, 0.4) is 0 Å². The SMILES string of the molecule is CC/C=C/C=C/C=C/C=C/C=C/CCCCCC(=O)OC(COCCC(C(=O)[O-])[N+](C)(C)C)COC(=O)CCCCCCCCC/C=C/CCCCCCCC. The van der Waals surface area contributed by atoms with Crippen LogP contribution in [0.1, 0.15) is 162 Å². The lowest BCUT2D eigenvalue weighted by Gasteiger charge is -2.34. The number of esters is 2. The highest BCUT2D eigenvalue weighted by Gasteiger charge is 2.25. The van der Waals surface area contributed by atoms with Gasteiger partial charge in [0.2, 0.25) is 0 Å². The molecule has 0 spiro atoms. The van der Waals surface area contributed by atoms with Gasteiger partial charge in [-0.05, 0) is 57.8 Å². The number of quaternary nitrogens is 1. The Labute approximate surface area is 342 Å². The average molecular weight is 784 g/mol. The average Bonchev–Trinajstić information content (AvgIpc) is 3.15. The molecule has 0 aromatic rings. The van der Waals surface area contributed by atoms with E-state index in [1.165, 1.54) is 77.0 Å². The van der Waals surface area contributed by atoms with Crippen LogP contribution in [0.2, 0.25) is 0 Å². The van der Waals surface area contributed by atoms with Crippen molar-refractivity contribution in [3.63, 3.8) is 0 Å². The first-order valence-electron chi connectivity index (χ1n) is 22.0. The fourth-order valence-corrected chi connectivity index (χ4v) is 6.03. The second kappa shape index (κ2) is 38.6. The maximum Gasteiger partial charge on any atom is 0.306 e. The van der Waals surface area contributed by atoms with Crippen molar-refractivity contribution >= 4 is 17.9 Å². The van der Waals surface area contributed by atoms with E-state index in [0.29, 0.717) is 12.8 Å². The smallest absolute Gasteiger partial charge is 0.306 e. The van der Waals surface area contributed by atoms with E-state index in [9.17, 15) is 19.5 Å². The van der Waals surface area contributed by atoms with Crippen LogP contribution in [0.25, 0.3) is 0 Å². The summed E-state index contributed by atoms with van der Waals surface area (Å²) in [6.45, 7) is 4.45. The van der Waals surface area contributed by atoms with Crippen LogP contribution in [0.4, 0.5) is 0 Å². The van der Waals surface area contributed by atoms with E-state index >= 15 is 0 Å². The maximum absolute atomic E-state index is 12.7. The standard InChI is InChI=1S/C48H81NO7/c1-6-8-10-12-14-16-18-20-22-23-25-26-28-30-32-34-36-38-46(50)55-43-44(42-54-41-40-45(48(52)53)49(3,4)5)56-47(51)39-37-35-33-31-29-27-24-21-19-17-15-13-11-9-7-2/h9,11,13,15,17,19-22,24,27,29,44-45H,6-8,10,12,14,16,18,23,25-26,28,30-43H2,1-5H3/b11-9+,15-13+,19-17+,22-20+,24-21+,29-27+. The van der Waals surface area contributed by atoms with Crippen molar-refractivity contribution in [3.05, 3.63) is 72.9 Å². The van der Waals surface area contributed by atoms with Gasteiger partial charge in [-0.1, -0.05) is 157 Å². The molecule has 0 N–H and O–H groups in total. The third kappa shape index (κ3) is 36.4. The first-order chi connectivity index (χ1) is 27.1. The van der Waals surface area contributed by atoms with E-state index in [0.717, 1.165) is 44.9 Å². The van der Waals surface area contributed by atoms with Gasteiger partial charge in [-0.2, -0.15) is 0 Å². The molecule has 0 aliphatic rings. The van der Waals surface area contributed by atoms with Crippen molar-refractivity contribution in [2.75, 3.05) is 41.0 Å². The van der Waals surface area contributed by atoms with Gasteiger partial charge in [0.05, 0.1) is 40.3 Å². The number of hydrogen-bond donors (Lipinski definition) is 0. The molecule has 8 heteroatoms. The molecule has 0 fully saturated rings. The molecular formula is C48H81NO7. The zero-order valence-electron chi connectivity index (χ0n) is 36.3. The molecule has 0 aromatic heterocycles. The van der Waals surface area contributed by atoms with Gasteiger partial charge in [-0.3, -0.25) is 9.59 Å². The van der Waals surface area contributed by atoms with Crippen molar-refractivity contribution in [1.82, 2.24) is 0 Å².